The lowest BCUT2D eigenvalue weighted by molar-refractivity contribution is 0.407. The second kappa shape index (κ2) is 6.27. The highest BCUT2D eigenvalue weighted by molar-refractivity contribution is 5.83. The molecule has 0 aliphatic heterocycles. The molecule has 6 nitrogen and oxygen atoms in total. The highest BCUT2D eigenvalue weighted by Gasteiger charge is 2.19. The molecular weight excluding hydrogens is 312 g/mol. The molecule has 2 aromatic heterocycles. The minimum atomic E-state index is 0.101. The molecule has 0 fully saturated rings. The van der Waals surface area contributed by atoms with Crippen LogP contribution in [0.15, 0.2) is 40.7 Å². The summed E-state index contributed by atoms with van der Waals surface area (Å²) in [6.07, 6.45) is 2.76. The number of aromatic nitrogens is 3. The van der Waals surface area contributed by atoms with Gasteiger partial charge in [0.25, 0.3) is 0 Å². The average Bonchev–Trinajstić information content (AvgIpc) is 2.91. The summed E-state index contributed by atoms with van der Waals surface area (Å²) in [6.45, 7) is 8.62. The van der Waals surface area contributed by atoms with Crippen molar-refractivity contribution >= 4 is 17.2 Å². The second-order valence-corrected chi connectivity index (χ2v) is 7.48. The van der Waals surface area contributed by atoms with Crippen molar-refractivity contribution in [1.29, 1.82) is 0 Å². The fourth-order valence-electron chi connectivity index (χ4n) is 3.02. The number of nitrogens with zero attached hydrogens (tertiary/aromatic N) is 5. The summed E-state index contributed by atoms with van der Waals surface area (Å²) in [4.78, 5) is 4.53. The normalized spacial score (nSPS) is 12.4. The second-order valence-electron chi connectivity index (χ2n) is 7.48. The Kier molecular flexibility index (Phi) is 4.29. The standard InChI is InChI=1S/C19H24N6/c1-12-10-13(6-7-15(12)23-21-5)14-8-9-25-17(14)16(11-19(2,3)4)22-18(20)24-25/h6-10H,11H2,1-5H3,(H2,20,24). The number of fused-ring (bicyclic) bond motifs is 1. The van der Waals surface area contributed by atoms with Crippen LogP contribution in [0.25, 0.3) is 16.6 Å². The van der Waals surface area contributed by atoms with Gasteiger partial charge in [-0.3, -0.25) is 0 Å². The van der Waals surface area contributed by atoms with Gasteiger partial charge in [0.15, 0.2) is 0 Å². The third-order valence-corrected chi connectivity index (χ3v) is 4.01. The van der Waals surface area contributed by atoms with Gasteiger partial charge in [0.1, 0.15) is 0 Å². The van der Waals surface area contributed by atoms with E-state index in [1.54, 1.807) is 7.05 Å². The summed E-state index contributed by atoms with van der Waals surface area (Å²) in [6, 6.07) is 8.23. The van der Waals surface area contributed by atoms with Gasteiger partial charge in [-0.15, -0.1) is 5.10 Å². The van der Waals surface area contributed by atoms with Gasteiger partial charge in [0.2, 0.25) is 5.95 Å². The van der Waals surface area contributed by atoms with Gasteiger partial charge in [-0.2, -0.15) is 10.2 Å². The van der Waals surface area contributed by atoms with Crippen LogP contribution in [0.5, 0.6) is 0 Å². The number of hydrogen-bond acceptors (Lipinski definition) is 5. The van der Waals surface area contributed by atoms with Gasteiger partial charge in [0.05, 0.1) is 16.9 Å². The molecule has 0 aliphatic rings. The molecule has 0 saturated carbocycles. The topological polar surface area (TPSA) is 80.9 Å². The van der Waals surface area contributed by atoms with E-state index in [0.29, 0.717) is 5.95 Å². The first-order chi connectivity index (χ1) is 11.8. The third kappa shape index (κ3) is 3.52. The van der Waals surface area contributed by atoms with E-state index < -0.39 is 0 Å². The fraction of sp³-hybridized carbons (Fsp3) is 0.368. The van der Waals surface area contributed by atoms with E-state index in [4.69, 9.17) is 5.73 Å². The van der Waals surface area contributed by atoms with Crippen LogP contribution in [0.2, 0.25) is 0 Å². The first kappa shape index (κ1) is 17.1. The SMILES string of the molecule is CN=Nc1ccc(-c2ccn3nc(N)nc(CC(C)(C)C)c23)cc1C. The number of nitrogens with two attached hydrogens (primary N) is 1. The molecule has 0 unspecified atom stereocenters. The van der Waals surface area contributed by atoms with E-state index >= 15 is 0 Å². The Balaban J connectivity index is 2.19. The van der Waals surface area contributed by atoms with Crippen molar-refractivity contribution in [3.63, 3.8) is 0 Å². The van der Waals surface area contributed by atoms with Gasteiger partial charge in [-0.25, -0.2) is 9.50 Å². The van der Waals surface area contributed by atoms with Gasteiger partial charge >= 0.3 is 0 Å². The maximum atomic E-state index is 5.90. The minimum absolute atomic E-state index is 0.101. The molecule has 0 radical (unpaired) electrons. The van der Waals surface area contributed by atoms with Gasteiger partial charge < -0.3 is 5.73 Å². The van der Waals surface area contributed by atoms with Crippen LogP contribution in [-0.2, 0) is 6.42 Å². The molecule has 0 spiro atoms. The minimum Gasteiger partial charge on any atom is -0.367 e. The quantitative estimate of drug-likeness (QED) is 0.710. The summed E-state index contributed by atoms with van der Waals surface area (Å²) < 4.78 is 1.83. The average molecular weight is 336 g/mol. The van der Waals surface area contributed by atoms with Crippen molar-refractivity contribution in [3.8, 4) is 11.1 Å². The number of rotatable bonds is 3. The molecule has 2 N–H and O–H groups in total. The molecule has 0 amide bonds. The van der Waals surface area contributed by atoms with Crippen molar-refractivity contribution in [2.75, 3.05) is 12.8 Å². The Morgan fingerprint density at radius 3 is 2.60 bits per heavy atom. The maximum Gasteiger partial charge on any atom is 0.238 e. The number of nitrogen functional groups attached to an aromatic ring is 1. The van der Waals surface area contributed by atoms with Crippen molar-refractivity contribution in [2.24, 2.45) is 15.6 Å². The third-order valence-electron chi connectivity index (χ3n) is 4.01. The van der Waals surface area contributed by atoms with Gasteiger partial charge in [0, 0.05) is 18.8 Å². The molecule has 25 heavy (non-hydrogen) atoms. The summed E-state index contributed by atoms with van der Waals surface area (Å²) in [5.74, 6) is 0.295. The lowest BCUT2D eigenvalue weighted by Crippen LogP contribution is -2.14. The molecule has 3 aromatic rings. The highest BCUT2D eigenvalue weighted by Crippen LogP contribution is 2.33. The van der Waals surface area contributed by atoms with E-state index in [1.807, 2.05) is 23.7 Å². The monoisotopic (exact) mass is 336 g/mol. The van der Waals surface area contributed by atoms with Crippen LogP contribution in [0.3, 0.4) is 0 Å². The molecule has 130 valence electrons. The molecule has 0 aliphatic carbocycles. The van der Waals surface area contributed by atoms with Crippen LogP contribution in [0.1, 0.15) is 32.0 Å². The largest absolute Gasteiger partial charge is 0.367 e. The molecule has 1 aromatic carbocycles. The Hall–Kier alpha value is -2.76. The van der Waals surface area contributed by atoms with Crippen molar-refractivity contribution in [3.05, 3.63) is 41.7 Å². The molecule has 6 heteroatoms. The van der Waals surface area contributed by atoms with Crippen LogP contribution in [-0.4, -0.2) is 21.6 Å². The molecular formula is C19H24N6. The lowest BCUT2D eigenvalue weighted by atomic mass is 9.89. The van der Waals surface area contributed by atoms with E-state index in [-0.39, 0.29) is 5.41 Å². The fourth-order valence-corrected chi connectivity index (χ4v) is 3.02. The zero-order chi connectivity index (χ0) is 18.2. The molecule has 3 rings (SSSR count). The summed E-state index contributed by atoms with van der Waals surface area (Å²) in [5.41, 5.74) is 12.1. The lowest BCUT2D eigenvalue weighted by Gasteiger charge is -2.18. The summed E-state index contributed by atoms with van der Waals surface area (Å²) in [7, 11) is 1.68. The molecule has 0 saturated heterocycles. The Morgan fingerprint density at radius 2 is 1.96 bits per heavy atom. The zero-order valence-electron chi connectivity index (χ0n) is 15.4. The van der Waals surface area contributed by atoms with E-state index in [1.165, 1.54) is 0 Å². The number of azo groups is 1. The summed E-state index contributed by atoms with van der Waals surface area (Å²) >= 11 is 0. The Labute approximate surface area is 147 Å². The number of benzene rings is 1. The number of aryl methyl sites for hydroxylation is 1. The van der Waals surface area contributed by atoms with E-state index in [2.05, 4.69) is 59.3 Å². The Bertz CT molecular complexity index is 946. The van der Waals surface area contributed by atoms with Crippen molar-refractivity contribution < 1.29 is 0 Å². The highest BCUT2D eigenvalue weighted by atomic mass is 15.3. The number of hydrogen-bond donors (Lipinski definition) is 1. The predicted octanol–water partition coefficient (Wildman–Crippen LogP) is 4.59. The van der Waals surface area contributed by atoms with Gasteiger partial charge in [-0.1, -0.05) is 26.8 Å². The van der Waals surface area contributed by atoms with Gasteiger partial charge in [-0.05, 0) is 48.1 Å². The zero-order valence-corrected chi connectivity index (χ0v) is 15.4. The number of anilines is 1. The molecule has 0 bridgehead atoms. The Morgan fingerprint density at radius 1 is 1.20 bits per heavy atom. The van der Waals surface area contributed by atoms with Crippen molar-refractivity contribution in [1.82, 2.24) is 14.6 Å². The molecule has 0 atom stereocenters. The summed E-state index contributed by atoms with van der Waals surface area (Å²) in [5, 5.41) is 12.3. The van der Waals surface area contributed by atoms with Crippen LogP contribution < -0.4 is 5.73 Å². The van der Waals surface area contributed by atoms with Crippen molar-refractivity contribution in [2.45, 2.75) is 34.1 Å². The van der Waals surface area contributed by atoms with Crippen LogP contribution in [0, 0.1) is 12.3 Å². The van der Waals surface area contributed by atoms with E-state index in [0.717, 1.165) is 40.0 Å². The van der Waals surface area contributed by atoms with E-state index in [9.17, 15) is 0 Å². The smallest absolute Gasteiger partial charge is 0.238 e. The maximum absolute atomic E-state index is 5.90. The predicted molar refractivity (Wildman–Crippen MR) is 101 cm³/mol. The first-order valence-electron chi connectivity index (χ1n) is 8.33. The first-order valence-corrected chi connectivity index (χ1v) is 8.33. The van der Waals surface area contributed by atoms with Crippen LogP contribution in [0.4, 0.5) is 11.6 Å². The molecule has 2 heterocycles. The van der Waals surface area contributed by atoms with Crippen LogP contribution >= 0.6 is 0 Å².